The number of aliphatic hydroxyl groups is 1. The van der Waals surface area contributed by atoms with Crippen LogP contribution in [0.1, 0.15) is 68.3 Å². The Balaban J connectivity index is 2.08. The van der Waals surface area contributed by atoms with Crippen molar-refractivity contribution in [1.29, 1.82) is 0 Å². The van der Waals surface area contributed by atoms with Crippen molar-refractivity contribution in [2.24, 2.45) is 5.92 Å². The molecule has 1 aliphatic rings. The van der Waals surface area contributed by atoms with E-state index < -0.39 is 5.54 Å². The van der Waals surface area contributed by atoms with Gasteiger partial charge >= 0.3 is 0 Å². The van der Waals surface area contributed by atoms with Gasteiger partial charge < -0.3 is 10.4 Å². The third-order valence-electron chi connectivity index (χ3n) is 4.61. The predicted molar refractivity (Wildman–Crippen MR) is 85.4 cm³/mol. The molecular formula is C18H27NO2. The monoisotopic (exact) mass is 289 g/mol. The zero-order valence-electron chi connectivity index (χ0n) is 13.4. The number of aliphatic hydroxyl groups excluding tert-OH is 1. The molecule has 0 saturated heterocycles. The van der Waals surface area contributed by atoms with Crippen LogP contribution in [0.2, 0.25) is 0 Å². The third-order valence-corrected chi connectivity index (χ3v) is 4.61. The molecule has 21 heavy (non-hydrogen) atoms. The van der Waals surface area contributed by atoms with Crippen LogP contribution in [-0.4, -0.2) is 23.2 Å². The largest absolute Gasteiger partial charge is 0.394 e. The van der Waals surface area contributed by atoms with Crippen LogP contribution in [0.5, 0.6) is 0 Å². The molecule has 1 aromatic rings. The first-order valence-corrected chi connectivity index (χ1v) is 7.99. The average Bonchev–Trinajstić information content (AvgIpc) is 2.47. The molecule has 2 unspecified atom stereocenters. The van der Waals surface area contributed by atoms with Gasteiger partial charge in [0, 0.05) is 5.56 Å². The van der Waals surface area contributed by atoms with Gasteiger partial charge in [-0.15, -0.1) is 0 Å². The second kappa shape index (κ2) is 6.61. The fourth-order valence-corrected chi connectivity index (χ4v) is 3.29. The second-order valence-corrected chi connectivity index (χ2v) is 6.87. The van der Waals surface area contributed by atoms with Crippen molar-refractivity contribution in [1.82, 2.24) is 5.32 Å². The van der Waals surface area contributed by atoms with Gasteiger partial charge in [0.15, 0.2) is 0 Å². The molecule has 2 atom stereocenters. The molecule has 2 N–H and O–H groups in total. The van der Waals surface area contributed by atoms with E-state index in [1.807, 2.05) is 24.3 Å². The fraction of sp³-hybridized carbons (Fsp3) is 0.611. The van der Waals surface area contributed by atoms with Gasteiger partial charge in [-0.05, 0) is 42.4 Å². The van der Waals surface area contributed by atoms with E-state index >= 15 is 0 Å². The van der Waals surface area contributed by atoms with Crippen LogP contribution in [0.15, 0.2) is 24.3 Å². The van der Waals surface area contributed by atoms with Gasteiger partial charge in [-0.1, -0.05) is 45.7 Å². The highest BCUT2D eigenvalue weighted by Crippen LogP contribution is 2.32. The lowest BCUT2D eigenvalue weighted by atomic mass is 9.76. The Morgan fingerprint density at radius 3 is 2.57 bits per heavy atom. The molecule has 1 saturated carbocycles. The summed E-state index contributed by atoms with van der Waals surface area (Å²) in [6.45, 7) is 6.48. The van der Waals surface area contributed by atoms with E-state index in [0.29, 0.717) is 17.4 Å². The van der Waals surface area contributed by atoms with E-state index in [9.17, 15) is 9.90 Å². The van der Waals surface area contributed by atoms with Crippen molar-refractivity contribution < 1.29 is 9.90 Å². The lowest BCUT2D eigenvalue weighted by Gasteiger charge is -2.39. The summed E-state index contributed by atoms with van der Waals surface area (Å²) in [5.41, 5.74) is 1.46. The summed E-state index contributed by atoms with van der Waals surface area (Å²) in [6, 6.07) is 7.77. The van der Waals surface area contributed by atoms with Crippen molar-refractivity contribution in [3.63, 3.8) is 0 Å². The minimum atomic E-state index is -0.439. The van der Waals surface area contributed by atoms with Gasteiger partial charge in [0.1, 0.15) is 0 Å². The Labute approximate surface area is 127 Å². The summed E-state index contributed by atoms with van der Waals surface area (Å²) in [5, 5.41) is 12.8. The zero-order chi connectivity index (χ0) is 15.5. The normalized spacial score (nSPS) is 25.9. The zero-order valence-corrected chi connectivity index (χ0v) is 13.4. The van der Waals surface area contributed by atoms with Gasteiger partial charge in [-0.3, -0.25) is 4.79 Å². The van der Waals surface area contributed by atoms with Crippen molar-refractivity contribution in [2.45, 2.75) is 57.9 Å². The minimum Gasteiger partial charge on any atom is -0.394 e. The van der Waals surface area contributed by atoms with Crippen molar-refractivity contribution in [3.8, 4) is 0 Å². The molecule has 0 aliphatic heterocycles. The molecule has 0 aromatic heterocycles. The highest BCUT2D eigenvalue weighted by Gasteiger charge is 2.35. The average molecular weight is 289 g/mol. The highest BCUT2D eigenvalue weighted by atomic mass is 16.3. The molecule has 1 aliphatic carbocycles. The smallest absolute Gasteiger partial charge is 0.251 e. The molecule has 3 nitrogen and oxygen atoms in total. The third kappa shape index (κ3) is 3.85. The molecule has 2 rings (SSSR count). The number of nitrogens with one attached hydrogen (secondary N) is 1. The van der Waals surface area contributed by atoms with Crippen LogP contribution in [0.3, 0.4) is 0 Å². The molecule has 3 heteroatoms. The van der Waals surface area contributed by atoms with Crippen molar-refractivity contribution >= 4 is 5.91 Å². The first-order chi connectivity index (χ1) is 9.96. The molecular weight excluding hydrogens is 262 g/mol. The molecule has 116 valence electrons. The van der Waals surface area contributed by atoms with Gasteiger partial charge in [-0.2, -0.15) is 0 Å². The van der Waals surface area contributed by atoms with E-state index in [1.165, 1.54) is 12.0 Å². The van der Waals surface area contributed by atoms with Crippen LogP contribution in [0, 0.1) is 5.92 Å². The Hall–Kier alpha value is -1.35. The highest BCUT2D eigenvalue weighted by molar-refractivity contribution is 5.94. The summed E-state index contributed by atoms with van der Waals surface area (Å²) in [6.07, 6.45) is 3.97. The van der Waals surface area contributed by atoms with E-state index in [4.69, 9.17) is 0 Å². The SMILES string of the molecule is CC1CCCC(CO)(NC(=O)c2ccc(C(C)C)cc2)C1. The summed E-state index contributed by atoms with van der Waals surface area (Å²) in [4.78, 5) is 12.4. The van der Waals surface area contributed by atoms with Crippen LogP contribution in [0.4, 0.5) is 0 Å². The summed E-state index contributed by atoms with van der Waals surface area (Å²) >= 11 is 0. The number of carbonyl (C=O) groups excluding carboxylic acids is 1. The number of rotatable bonds is 4. The van der Waals surface area contributed by atoms with Gasteiger partial charge in [-0.25, -0.2) is 0 Å². The molecule has 1 fully saturated rings. The maximum Gasteiger partial charge on any atom is 0.251 e. The molecule has 1 aromatic carbocycles. The minimum absolute atomic E-state index is 0.0210. The lowest BCUT2D eigenvalue weighted by Crippen LogP contribution is -2.53. The van der Waals surface area contributed by atoms with Crippen LogP contribution in [-0.2, 0) is 0 Å². The number of hydrogen-bond donors (Lipinski definition) is 2. The Bertz CT molecular complexity index is 480. The van der Waals surface area contributed by atoms with Gasteiger partial charge in [0.2, 0.25) is 0 Å². The summed E-state index contributed by atoms with van der Waals surface area (Å²) in [5.74, 6) is 0.938. The van der Waals surface area contributed by atoms with E-state index in [-0.39, 0.29) is 12.5 Å². The Kier molecular flexibility index (Phi) is 5.04. The lowest BCUT2D eigenvalue weighted by molar-refractivity contribution is 0.0697. The van der Waals surface area contributed by atoms with Crippen LogP contribution in [0.25, 0.3) is 0 Å². The number of hydrogen-bond acceptors (Lipinski definition) is 2. The number of amides is 1. The van der Waals surface area contributed by atoms with E-state index in [2.05, 4.69) is 26.1 Å². The molecule has 0 bridgehead atoms. The topological polar surface area (TPSA) is 49.3 Å². The van der Waals surface area contributed by atoms with Gasteiger partial charge in [0.05, 0.1) is 12.1 Å². The van der Waals surface area contributed by atoms with Crippen molar-refractivity contribution in [3.05, 3.63) is 35.4 Å². The fourth-order valence-electron chi connectivity index (χ4n) is 3.29. The van der Waals surface area contributed by atoms with Gasteiger partial charge in [0.25, 0.3) is 5.91 Å². The number of benzene rings is 1. The Morgan fingerprint density at radius 2 is 2.05 bits per heavy atom. The molecule has 0 spiro atoms. The number of carbonyl (C=O) groups is 1. The maximum atomic E-state index is 12.4. The second-order valence-electron chi connectivity index (χ2n) is 6.87. The standard InChI is InChI=1S/C18H27NO2/c1-13(2)15-6-8-16(9-7-15)17(21)19-18(12-20)10-4-5-14(3)11-18/h6-9,13-14,20H,4-5,10-12H2,1-3H3,(H,19,21). The van der Waals surface area contributed by atoms with Crippen LogP contribution < -0.4 is 5.32 Å². The van der Waals surface area contributed by atoms with E-state index in [1.54, 1.807) is 0 Å². The Morgan fingerprint density at radius 1 is 1.38 bits per heavy atom. The maximum absolute atomic E-state index is 12.4. The molecule has 0 heterocycles. The van der Waals surface area contributed by atoms with Crippen molar-refractivity contribution in [2.75, 3.05) is 6.61 Å². The molecule has 1 amide bonds. The van der Waals surface area contributed by atoms with Crippen LogP contribution >= 0.6 is 0 Å². The predicted octanol–water partition coefficient (Wildman–Crippen LogP) is 3.48. The first kappa shape index (κ1) is 16.0. The first-order valence-electron chi connectivity index (χ1n) is 7.99. The molecule has 0 radical (unpaired) electrons. The van der Waals surface area contributed by atoms with E-state index in [0.717, 1.165) is 19.3 Å². The quantitative estimate of drug-likeness (QED) is 0.891. The summed E-state index contributed by atoms with van der Waals surface area (Å²) in [7, 11) is 0. The summed E-state index contributed by atoms with van der Waals surface area (Å²) < 4.78 is 0.